The summed E-state index contributed by atoms with van der Waals surface area (Å²) in [6.45, 7) is 0.130. The van der Waals surface area contributed by atoms with Crippen LogP contribution in [0.5, 0.6) is 5.75 Å². The second-order valence-corrected chi connectivity index (χ2v) is 8.70. The Morgan fingerprint density at radius 3 is 2.51 bits per heavy atom. The third-order valence-corrected chi connectivity index (χ3v) is 6.91. The SMILES string of the molecule is N#CC1=C(N)Oc2c(c(=O)oc3ccccc23)[C@]12C(=O)N(Cc1ccccc1Cl)c1ccccc12. The largest absolute Gasteiger partial charge is 0.439 e. The van der Waals surface area contributed by atoms with E-state index in [1.807, 2.05) is 18.2 Å². The van der Waals surface area contributed by atoms with Crippen molar-refractivity contribution < 1.29 is 13.9 Å². The van der Waals surface area contributed by atoms with Gasteiger partial charge in [-0.3, -0.25) is 4.79 Å². The zero-order chi connectivity index (χ0) is 24.3. The van der Waals surface area contributed by atoms with Gasteiger partial charge in [-0.05, 0) is 29.8 Å². The molecule has 0 unspecified atom stereocenters. The lowest BCUT2D eigenvalue weighted by atomic mass is 9.69. The van der Waals surface area contributed by atoms with E-state index in [9.17, 15) is 14.9 Å². The van der Waals surface area contributed by atoms with Crippen LogP contribution in [0.2, 0.25) is 5.02 Å². The van der Waals surface area contributed by atoms with Gasteiger partial charge in [-0.1, -0.05) is 60.1 Å². The van der Waals surface area contributed by atoms with Gasteiger partial charge in [0.25, 0.3) is 0 Å². The molecule has 6 rings (SSSR count). The zero-order valence-electron chi connectivity index (χ0n) is 18.1. The van der Waals surface area contributed by atoms with E-state index >= 15 is 0 Å². The molecule has 3 aromatic carbocycles. The van der Waals surface area contributed by atoms with Gasteiger partial charge in [-0.2, -0.15) is 5.26 Å². The lowest BCUT2D eigenvalue weighted by molar-refractivity contribution is -0.121. The monoisotopic (exact) mass is 481 g/mol. The molecule has 8 heteroatoms. The standard InChI is InChI=1S/C27H16ClN3O4/c28-19-10-4-1-7-15(19)14-31-20-11-5-3-9-17(20)27(26(31)33)18(13-29)24(30)35-23-16-8-2-6-12-21(16)34-25(32)22(23)27/h1-12H,14,30H2/t27-/m1/s1. The smallest absolute Gasteiger partial charge is 0.345 e. The van der Waals surface area contributed by atoms with Gasteiger partial charge in [0.15, 0.2) is 11.2 Å². The van der Waals surface area contributed by atoms with Gasteiger partial charge in [-0.15, -0.1) is 0 Å². The van der Waals surface area contributed by atoms with E-state index < -0.39 is 16.9 Å². The highest BCUT2D eigenvalue weighted by molar-refractivity contribution is 6.31. The fourth-order valence-corrected chi connectivity index (χ4v) is 5.25. The van der Waals surface area contributed by atoms with Crippen LogP contribution in [0.25, 0.3) is 11.0 Å². The molecule has 0 fully saturated rings. The molecular formula is C27H16ClN3O4. The van der Waals surface area contributed by atoms with Crippen molar-refractivity contribution in [3.05, 3.63) is 116 Å². The van der Waals surface area contributed by atoms with Gasteiger partial charge in [0, 0.05) is 16.3 Å². The molecule has 3 heterocycles. The maximum absolute atomic E-state index is 14.4. The van der Waals surface area contributed by atoms with Crippen LogP contribution in [0, 0.1) is 11.3 Å². The van der Waals surface area contributed by atoms with E-state index in [0.717, 1.165) is 0 Å². The summed E-state index contributed by atoms with van der Waals surface area (Å²) in [5.74, 6) is -0.639. The van der Waals surface area contributed by atoms with Gasteiger partial charge in [-0.25, -0.2) is 4.79 Å². The van der Waals surface area contributed by atoms with Crippen molar-refractivity contribution >= 4 is 34.2 Å². The summed E-state index contributed by atoms with van der Waals surface area (Å²) in [5.41, 5.74) is 5.40. The molecule has 1 amide bonds. The number of amides is 1. The van der Waals surface area contributed by atoms with Gasteiger partial charge in [0.05, 0.1) is 11.9 Å². The summed E-state index contributed by atoms with van der Waals surface area (Å²) in [6.07, 6.45) is 0. The van der Waals surface area contributed by atoms with Crippen molar-refractivity contribution in [1.82, 2.24) is 0 Å². The number of hydrogen-bond donors (Lipinski definition) is 1. The Morgan fingerprint density at radius 2 is 1.71 bits per heavy atom. The molecule has 0 aliphatic carbocycles. The van der Waals surface area contributed by atoms with Crippen molar-refractivity contribution in [3.8, 4) is 11.8 Å². The first-order valence-electron chi connectivity index (χ1n) is 10.8. The van der Waals surface area contributed by atoms with Crippen molar-refractivity contribution in [2.45, 2.75) is 12.0 Å². The number of carbonyl (C=O) groups excluding carboxylic acids is 1. The van der Waals surface area contributed by atoms with E-state index in [-0.39, 0.29) is 34.9 Å². The molecule has 1 spiro atoms. The van der Waals surface area contributed by atoms with Crippen molar-refractivity contribution in [3.63, 3.8) is 0 Å². The average molecular weight is 482 g/mol. The Kier molecular flexibility index (Phi) is 4.50. The molecule has 0 saturated heterocycles. The molecular weight excluding hydrogens is 466 g/mol. The number of nitrogens with two attached hydrogens (primary N) is 1. The fourth-order valence-electron chi connectivity index (χ4n) is 5.05. The molecule has 1 atom stereocenters. The van der Waals surface area contributed by atoms with Crippen LogP contribution in [0.1, 0.15) is 16.7 Å². The Morgan fingerprint density at radius 1 is 1.00 bits per heavy atom. The lowest BCUT2D eigenvalue weighted by Gasteiger charge is -2.33. The Labute approximate surface area is 204 Å². The van der Waals surface area contributed by atoms with E-state index in [1.54, 1.807) is 60.7 Å². The lowest BCUT2D eigenvalue weighted by Crippen LogP contribution is -2.48. The molecule has 2 N–H and O–H groups in total. The highest BCUT2D eigenvalue weighted by atomic mass is 35.5. The Balaban J connectivity index is 1.70. The number of hydrogen-bond acceptors (Lipinski definition) is 6. The second kappa shape index (κ2) is 7.49. The number of benzene rings is 3. The number of ether oxygens (including phenoxy) is 1. The highest BCUT2D eigenvalue weighted by Crippen LogP contribution is 2.55. The third-order valence-electron chi connectivity index (χ3n) is 6.54. The van der Waals surface area contributed by atoms with Gasteiger partial charge in [0.1, 0.15) is 22.8 Å². The molecule has 0 radical (unpaired) electrons. The second-order valence-electron chi connectivity index (χ2n) is 8.29. The minimum Gasteiger partial charge on any atom is -0.439 e. The number of anilines is 1. The van der Waals surface area contributed by atoms with E-state index in [1.165, 1.54) is 4.90 Å². The van der Waals surface area contributed by atoms with Crippen LogP contribution in [-0.4, -0.2) is 5.91 Å². The minimum atomic E-state index is -1.82. The van der Waals surface area contributed by atoms with Crippen molar-refractivity contribution in [1.29, 1.82) is 5.26 Å². The first kappa shape index (κ1) is 21.0. The minimum absolute atomic E-state index is 0.0685. The summed E-state index contributed by atoms with van der Waals surface area (Å²) in [7, 11) is 0. The van der Waals surface area contributed by atoms with Crippen LogP contribution >= 0.6 is 11.6 Å². The van der Waals surface area contributed by atoms with Crippen LogP contribution in [0.3, 0.4) is 0 Å². The number of halogens is 1. The van der Waals surface area contributed by atoms with Crippen LogP contribution in [0.15, 0.2) is 93.5 Å². The topological polar surface area (TPSA) is 110 Å². The van der Waals surface area contributed by atoms with Crippen LogP contribution in [0.4, 0.5) is 5.69 Å². The predicted octanol–water partition coefficient (Wildman–Crippen LogP) is 4.37. The molecule has 4 aromatic rings. The number of fused-ring (bicyclic) bond motifs is 6. The van der Waals surface area contributed by atoms with Crippen molar-refractivity contribution in [2.75, 3.05) is 4.90 Å². The quantitative estimate of drug-likeness (QED) is 0.426. The molecule has 2 aliphatic heterocycles. The number of rotatable bonds is 2. The maximum Gasteiger partial charge on any atom is 0.345 e. The van der Waals surface area contributed by atoms with Crippen LogP contribution < -0.4 is 21.0 Å². The third kappa shape index (κ3) is 2.71. The van der Waals surface area contributed by atoms with Crippen molar-refractivity contribution in [2.24, 2.45) is 5.73 Å². The van der Waals surface area contributed by atoms with E-state index in [4.69, 9.17) is 26.5 Å². The fraction of sp³-hybridized carbons (Fsp3) is 0.0741. The number of para-hydroxylation sites is 2. The number of carbonyl (C=O) groups is 1. The first-order valence-corrected chi connectivity index (χ1v) is 11.2. The first-order chi connectivity index (χ1) is 17.0. The van der Waals surface area contributed by atoms with E-state index in [0.29, 0.717) is 27.2 Å². The molecule has 2 aliphatic rings. The normalized spacial score (nSPS) is 18.4. The predicted molar refractivity (Wildman–Crippen MR) is 130 cm³/mol. The number of nitriles is 1. The summed E-state index contributed by atoms with van der Waals surface area (Å²) in [5, 5.41) is 11.1. The van der Waals surface area contributed by atoms with E-state index in [2.05, 4.69) is 0 Å². The molecule has 0 bridgehead atoms. The van der Waals surface area contributed by atoms with Gasteiger partial charge in [0.2, 0.25) is 11.8 Å². The van der Waals surface area contributed by atoms with Gasteiger partial charge < -0.3 is 19.8 Å². The highest BCUT2D eigenvalue weighted by Gasteiger charge is 2.61. The molecule has 0 saturated carbocycles. The Bertz CT molecular complexity index is 1700. The molecule has 7 nitrogen and oxygen atoms in total. The van der Waals surface area contributed by atoms with Gasteiger partial charge >= 0.3 is 5.63 Å². The zero-order valence-corrected chi connectivity index (χ0v) is 18.9. The van der Waals surface area contributed by atoms with Crippen LogP contribution in [-0.2, 0) is 16.8 Å². The molecule has 170 valence electrons. The summed E-state index contributed by atoms with van der Waals surface area (Å²) < 4.78 is 11.4. The molecule has 35 heavy (non-hydrogen) atoms. The maximum atomic E-state index is 14.4. The molecule has 1 aromatic heterocycles. The summed E-state index contributed by atoms with van der Waals surface area (Å²) in [4.78, 5) is 29.4. The Hall–Kier alpha value is -4.54. The summed E-state index contributed by atoms with van der Waals surface area (Å²) in [6, 6.07) is 23.1. The summed E-state index contributed by atoms with van der Waals surface area (Å²) >= 11 is 6.40. The average Bonchev–Trinajstić information content (AvgIpc) is 3.09. The number of nitrogens with zero attached hydrogens (tertiary/aromatic N) is 2.